The summed E-state index contributed by atoms with van der Waals surface area (Å²) in [7, 11) is -4.09. The van der Waals surface area contributed by atoms with Gasteiger partial charge < -0.3 is 15.7 Å². The minimum absolute atomic E-state index is 0.0870. The predicted octanol–water partition coefficient (Wildman–Crippen LogP) is 0.925. The average molecular weight is 399 g/mol. The predicted molar refractivity (Wildman–Crippen MR) is 98.3 cm³/mol. The molecule has 27 heavy (non-hydrogen) atoms. The van der Waals surface area contributed by atoms with Crippen molar-refractivity contribution in [1.82, 2.24) is 15.4 Å². The minimum Gasteiger partial charge on any atom is -0.480 e. The lowest BCUT2D eigenvalue weighted by molar-refractivity contribution is -0.140. The fourth-order valence-electron chi connectivity index (χ4n) is 2.23. The molecule has 2 atom stereocenters. The number of rotatable bonds is 8. The van der Waals surface area contributed by atoms with Crippen LogP contribution in [-0.4, -0.2) is 43.5 Å². The largest absolute Gasteiger partial charge is 0.480 e. The summed E-state index contributed by atoms with van der Waals surface area (Å²) in [6.07, 6.45) is 0. The van der Waals surface area contributed by atoms with Crippen molar-refractivity contribution in [3.05, 3.63) is 30.3 Å². The second kappa shape index (κ2) is 9.36. The first-order valence-electron chi connectivity index (χ1n) is 8.37. The lowest BCUT2D eigenvalue weighted by atomic mass is 10.0. The summed E-state index contributed by atoms with van der Waals surface area (Å²) in [5, 5.41) is 13.7. The molecule has 0 bridgehead atoms. The fraction of sp³-hybridized carbons (Fsp3) is 0.471. The molecule has 0 saturated heterocycles. The standard InChI is InChI=1S/C17H25N3O6S/c1-10(2)13(18-17(24)19-14(11(3)4)16(22)23)15(21)20-27(25,26)12-8-6-5-7-9-12/h5-11,13-14H,1-4H3,(H,20,21)(H,22,23)(H2,18,19,24)/t13-,14-/m0/s1. The van der Waals surface area contributed by atoms with Crippen LogP contribution in [0, 0.1) is 11.8 Å². The maximum atomic E-state index is 12.4. The molecule has 4 N–H and O–H groups in total. The van der Waals surface area contributed by atoms with Crippen molar-refractivity contribution < 1.29 is 27.9 Å². The number of carbonyl (C=O) groups excluding carboxylic acids is 2. The van der Waals surface area contributed by atoms with Gasteiger partial charge in [-0.15, -0.1) is 0 Å². The summed E-state index contributed by atoms with van der Waals surface area (Å²) in [5.41, 5.74) is 0. The number of carboxylic acids is 1. The molecule has 1 aromatic rings. The maximum Gasteiger partial charge on any atom is 0.326 e. The SMILES string of the molecule is CC(C)[C@H](NC(=O)N[C@H](C(=O)NS(=O)(=O)c1ccccc1)C(C)C)C(=O)O. The molecule has 3 amide bonds. The van der Waals surface area contributed by atoms with Crippen LogP contribution in [0.2, 0.25) is 0 Å². The van der Waals surface area contributed by atoms with Crippen molar-refractivity contribution in [1.29, 1.82) is 0 Å². The Bertz CT molecular complexity index is 777. The van der Waals surface area contributed by atoms with Crippen molar-refractivity contribution in [3.8, 4) is 0 Å². The lowest BCUT2D eigenvalue weighted by Gasteiger charge is -2.24. The van der Waals surface area contributed by atoms with Gasteiger partial charge in [0.1, 0.15) is 12.1 Å². The number of carbonyl (C=O) groups is 3. The Hall–Kier alpha value is -2.62. The van der Waals surface area contributed by atoms with Crippen molar-refractivity contribution in [2.75, 3.05) is 0 Å². The van der Waals surface area contributed by atoms with Crippen molar-refractivity contribution in [3.63, 3.8) is 0 Å². The Morgan fingerprint density at radius 1 is 0.889 bits per heavy atom. The summed E-state index contributed by atoms with van der Waals surface area (Å²) in [4.78, 5) is 35.6. The smallest absolute Gasteiger partial charge is 0.326 e. The Morgan fingerprint density at radius 2 is 1.37 bits per heavy atom. The van der Waals surface area contributed by atoms with Crippen LogP contribution < -0.4 is 15.4 Å². The molecule has 0 unspecified atom stereocenters. The number of carboxylic acid groups (broad SMARTS) is 1. The van der Waals surface area contributed by atoms with Crippen LogP contribution >= 0.6 is 0 Å². The van der Waals surface area contributed by atoms with Crippen molar-refractivity contribution in [2.45, 2.75) is 44.7 Å². The van der Waals surface area contributed by atoms with Gasteiger partial charge in [-0.1, -0.05) is 45.9 Å². The summed E-state index contributed by atoms with van der Waals surface area (Å²) in [6, 6.07) is 4.14. The number of hydrogen-bond donors (Lipinski definition) is 4. The van der Waals surface area contributed by atoms with Gasteiger partial charge in [-0.25, -0.2) is 22.7 Å². The van der Waals surface area contributed by atoms with E-state index in [0.717, 1.165) is 0 Å². The topological polar surface area (TPSA) is 142 Å². The summed E-state index contributed by atoms with van der Waals surface area (Å²) in [5.74, 6) is -2.94. The average Bonchev–Trinajstić information content (AvgIpc) is 2.57. The zero-order chi connectivity index (χ0) is 20.8. The van der Waals surface area contributed by atoms with Gasteiger partial charge in [0.25, 0.3) is 15.9 Å². The molecule has 0 aliphatic heterocycles. The highest BCUT2D eigenvalue weighted by atomic mass is 32.2. The molecule has 0 fully saturated rings. The van der Waals surface area contributed by atoms with Crippen LogP contribution in [-0.2, 0) is 19.6 Å². The van der Waals surface area contributed by atoms with E-state index in [0.29, 0.717) is 0 Å². The monoisotopic (exact) mass is 399 g/mol. The van der Waals surface area contributed by atoms with E-state index in [1.807, 2.05) is 4.72 Å². The summed E-state index contributed by atoms with van der Waals surface area (Å²) in [6.45, 7) is 6.49. The Kier molecular flexibility index (Phi) is 7.77. The summed E-state index contributed by atoms with van der Waals surface area (Å²) < 4.78 is 26.5. The first-order chi connectivity index (χ1) is 12.5. The van der Waals surface area contributed by atoms with E-state index >= 15 is 0 Å². The summed E-state index contributed by atoms with van der Waals surface area (Å²) >= 11 is 0. The molecule has 1 aromatic carbocycles. The number of benzene rings is 1. The Balaban J connectivity index is 2.87. The van der Waals surface area contributed by atoms with Crippen molar-refractivity contribution in [2.24, 2.45) is 11.8 Å². The minimum atomic E-state index is -4.09. The Labute approximate surface area is 158 Å². The first-order valence-corrected chi connectivity index (χ1v) is 9.85. The van der Waals surface area contributed by atoms with Crippen LogP contribution in [0.15, 0.2) is 35.2 Å². The highest BCUT2D eigenvalue weighted by molar-refractivity contribution is 7.90. The van der Waals surface area contributed by atoms with Crippen LogP contribution in [0.25, 0.3) is 0 Å². The van der Waals surface area contributed by atoms with Gasteiger partial charge >= 0.3 is 12.0 Å². The number of sulfonamides is 1. The van der Waals surface area contributed by atoms with E-state index in [9.17, 15) is 22.8 Å². The molecule has 9 nitrogen and oxygen atoms in total. The third-order valence-corrected chi connectivity index (χ3v) is 5.11. The zero-order valence-electron chi connectivity index (χ0n) is 15.6. The van der Waals surface area contributed by atoms with E-state index in [1.165, 1.54) is 24.3 Å². The number of aliphatic carboxylic acids is 1. The van der Waals surface area contributed by atoms with Crippen LogP contribution in [0.4, 0.5) is 4.79 Å². The van der Waals surface area contributed by atoms with Gasteiger partial charge in [0.2, 0.25) is 0 Å². The van der Waals surface area contributed by atoms with E-state index in [1.54, 1.807) is 33.8 Å². The van der Waals surface area contributed by atoms with Gasteiger partial charge in [-0.2, -0.15) is 0 Å². The third-order valence-electron chi connectivity index (χ3n) is 3.74. The van der Waals surface area contributed by atoms with Gasteiger partial charge in [-0.05, 0) is 24.0 Å². The van der Waals surface area contributed by atoms with Crippen LogP contribution in [0.3, 0.4) is 0 Å². The molecule has 0 radical (unpaired) electrons. The number of nitrogens with one attached hydrogen (secondary N) is 3. The number of hydrogen-bond acceptors (Lipinski definition) is 5. The number of urea groups is 1. The Morgan fingerprint density at radius 3 is 1.81 bits per heavy atom. The second-order valence-corrected chi connectivity index (χ2v) is 8.36. The molecule has 0 spiro atoms. The maximum absolute atomic E-state index is 12.4. The fourth-order valence-corrected chi connectivity index (χ4v) is 3.25. The molecule has 0 saturated carbocycles. The molecule has 0 aliphatic carbocycles. The molecule has 0 aromatic heterocycles. The van der Waals surface area contributed by atoms with E-state index in [4.69, 9.17) is 5.11 Å². The van der Waals surface area contributed by atoms with E-state index in [2.05, 4.69) is 10.6 Å². The second-order valence-electron chi connectivity index (χ2n) is 6.68. The van der Waals surface area contributed by atoms with E-state index < -0.39 is 45.9 Å². The van der Waals surface area contributed by atoms with Crippen LogP contribution in [0.1, 0.15) is 27.7 Å². The van der Waals surface area contributed by atoms with Gasteiger partial charge in [0, 0.05) is 0 Å². The van der Waals surface area contributed by atoms with Crippen molar-refractivity contribution >= 4 is 27.9 Å². The lowest BCUT2D eigenvalue weighted by Crippen LogP contribution is -2.56. The molecule has 150 valence electrons. The van der Waals surface area contributed by atoms with Crippen LogP contribution in [0.5, 0.6) is 0 Å². The molecular weight excluding hydrogens is 374 g/mol. The van der Waals surface area contributed by atoms with E-state index in [-0.39, 0.29) is 10.8 Å². The normalized spacial score (nSPS) is 13.7. The highest BCUT2D eigenvalue weighted by Crippen LogP contribution is 2.09. The van der Waals surface area contributed by atoms with Gasteiger partial charge in [0.15, 0.2) is 0 Å². The molecule has 0 heterocycles. The van der Waals surface area contributed by atoms with Gasteiger partial charge in [0.05, 0.1) is 4.90 Å². The quantitative estimate of drug-likeness (QED) is 0.512. The highest BCUT2D eigenvalue weighted by Gasteiger charge is 2.30. The molecular formula is C17H25N3O6S. The first kappa shape index (κ1) is 22.4. The zero-order valence-corrected chi connectivity index (χ0v) is 16.4. The third kappa shape index (κ3) is 6.55. The number of amides is 3. The molecule has 10 heteroatoms. The molecule has 0 aliphatic rings. The molecule has 1 rings (SSSR count). The van der Waals surface area contributed by atoms with Gasteiger partial charge in [-0.3, -0.25) is 4.79 Å².